The summed E-state index contributed by atoms with van der Waals surface area (Å²) >= 11 is 16.2. The maximum atomic E-state index is 13.3. The highest BCUT2D eigenvalue weighted by Gasteiger charge is 2.24. The quantitative estimate of drug-likeness (QED) is 0.137. The Labute approximate surface area is 234 Å². The number of para-hydroxylation sites is 1. The highest BCUT2D eigenvalue weighted by molar-refractivity contribution is 9.10. The molecule has 4 rings (SSSR count). The summed E-state index contributed by atoms with van der Waals surface area (Å²) in [6.45, 7) is 2.67. The molecule has 1 heterocycles. The van der Waals surface area contributed by atoms with Crippen molar-refractivity contribution in [2.75, 3.05) is 11.9 Å². The number of hydrogen-bond acceptors (Lipinski definition) is 4. The van der Waals surface area contributed by atoms with E-state index in [0.29, 0.717) is 28.9 Å². The number of nitrogens with one attached hydrogen (secondary N) is 1. The zero-order valence-corrected chi connectivity index (χ0v) is 23.4. The van der Waals surface area contributed by atoms with Crippen LogP contribution in [0.3, 0.4) is 0 Å². The fraction of sp³-hybridized carbons (Fsp3) is 0.241. The molecule has 0 unspecified atom stereocenters. The molecule has 0 aliphatic carbocycles. The average Bonchev–Trinajstić information content (AvgIpc) is 3.25. The van der Waals surface area contributed by atoms with Gasteiger partial charge in [-0.2, -0.15) is 0 Å². The van der Waals surface area contributed by atoms with Gasteiger partial charge >= 0.3 is 0 Å². The molecule has 8 heteroatoms. The number of unbranched alkanes of at least 4 members (excludes halogenated alkanes) is 4. The summed E-state index contributed by atoms with van der Waals surface area (Å²) in [7, 11) is 0. The highest BCUT2D eigenvalue weighted by Crippen LogP contribution is 2.36. The molecule has 0 aliphatic rings. The number of carbonyl (C=O) groups is 2. The van der Waals surface area contributed by atoms with Crippen molar-refractivity contribution in [1.82, 2.24) is 0 Å². The Bertz CT molecular complexity index is 1390. The Hall–Kier alpha value is -2.80. The molecule has 0 saturated carbocycles. The number of furan rings is 1. The van der Waals surface area contributed by atoms with Crippen LogP contribution in [0.15, 0.2) is 69.6 Å². The lowest BCUT2D eigenvalue weighted by Gasteiger charge is -2.12. The number of ketones is 1. The van der Waals surface area contributed by atoms with Gasteiger partial charge in [-0.1, -0.05) is 83.9 Å². The van der Waals surface area contributed by atoms with Crippen LogP contribution in [0.2, 0.25) is 10.0 Å². The number of rotatable bonds is 11. The van der Waals surface area contributed by atoms with Crippen LogP contribution in [-0.4, -0.2) is 18.3 Å². The molecule has 0 radical (unpaired) electrons. The molecule has 5 nitrogen and oxygen atoms in total. The molecular formula is C29H26BrCl2NO4. The molecule has 0 saturated heterocycles. The van der Waals surface area contributed by atoms with Gasteiger partial charge in [-0.05, 0) is 55.0 Å². The maximum absolute atomic E-state index is 13.3. The van der Waals surface area contributed by atoms with Crippen LogP contribution < -0.4 is 10.1 Å². The standard InChI is InChI=1S/C29H26BrCl2NO4/c1-2-3-4-5-8-15-36-27-22(31)16-19(17-23(27)32)29(35)33-25-21-9-6-7-10-24(21)37-28(25)26(34)18-11-13-20(30)14-12-18/h6-7,9-14,16-17H,2-5,8,15H2,1H3,(H,33,35). The molecule has 1 amide bonds. The van der Waals surface area contributed by atoms with Gasteiger partial charge in [-0.15, -0.1) is 0 Å². The Kier molecular flexibility index (Phi) is 9.30. The first-order valence-corrected chi connectivity index (χ1v) is 13.7. The van der Waals surface area contributed by atoms with Crippen LogP contribution in [-0.2, 0) is 0 Å². The van der Waals surface area contributed by atoms with Crippen LogP contribution in [0, 0.1) is 0 Å². The van der Waals surface area contributed by atoms with Crippen molar-refractivity contribution in [3.8, 4) is 5.75 Å². The maximum Gasteiger partial charge on any atom is 0.255 e. The molecular weight excluding hydrogens is 577 g/mol. The van der Waals surface area contributed by atoms with Crippen LogP contribution in [0.1, 0.15) is 65.5 Å². The molecule has 0 aliphatic heterocycles. The van der Waals surface area contributed by atoms with Crippen molar-refractivity contribution in [1.29, 1.82) is 0 Å². The number of anilines is 1. The monoisotopic (exact) mass is 601 g/mol. The smallest absolute Gasteiger partial charge is 0.255 e. The zero-order chi connectivity index (χ0) is 26.4. The summed E-state index contributed by atoms with van der Waals surface area (Å²) in [5.74, 6) is -0.434. The fourth-order valence-electron chi connectivity index (χ4n) is 3.96. The molecule has 1 N–H and O–H groups in total. The van der Waals surface area contributed by atoms with Crippen molar-refractivity contribution in [3.05, 3.63) is 92.1 Å². The predicted molar refractivity (Wildman–Crippen MR) is 152 cm³/mol. The van der Waals surface area contributed by atoms with Crippen molar-refractivity contribution in [2.45, 2.75) is 39.0 Å². The van der Waals surface area contributed by atoms with E-state index in [1.807, 2.05) is 6.07 Å². The van der Waals surface area contributed by atoms with E-state index in [9.17, 15) is 9.59 Å². The molecule has 4 aromatic rings. The largest absolute Gasteiger partial charge is 0.490 e. The molecule has 37 heavy (non-hydrogen) atoms. The van der Waals surface area contributed by atoms with E-state index in [4.69, 9.17) is 32.4 Å². The molecule has 0 bridgehead atoms. The van der Waals surface area contributed by atoms with Gasteiger partial charge in [-0.3, -0.25) is 9.59 Å². The molecule has 192 valence electrons. The van der Waals surface area contributed by atoms with Crippen LogP contribution >= 0.6 is 39.1 Å². The van der Waals surface area contributed by atoms with Gasteiger partial charge in [0.2, 0.25) is 5.78 Å². The number of halogens is 3. The first-order valence-electron chi connectivity index (χ1n) is 12.1. The average molecular weight is 603 g/mol. The van der Waals surface area contributed by atoms with Crippen molar-refractivity contribution < 1.29 is 18.7 Å². The van der Waals surface area contributed by atoms with Crippen molar-refractivity contribution in [3.63, 3.8) is 0 Å². The SMILES string of the molecule is CCCCCCCOc1c(Cl)cc(C(=O)Nc2c(C(=O)c3ccc(Br)cc3)oc3ccccc23)cc1Cl. The van der Waals surface area contributed by atoms with E-state index >= 15 is 0 Å². The summed E-state index contributed by atoms with van der Waals surface area (Å²) in [6, 6.07) is 17.1. The predicted octanol–water partition coefficient (Wildman–Crippen LogP) is 9.33. The first kappa shape index (κ1) is 27.2. The second kappa shape index (κ2) is 12.6. The van der Waals surface area contributed by atoms with Crippen LogP contribution in [0.5, 0.6) is 5.75 Å². The van der Waals surface area contributed by atoms with Gasteiger partial charge in [-0.25, -0.2) is 0 Å². The van der Waals surface area contributed by atoms with E-state index in [0.717, 1.165) is 23.7 Å². The Morgan fingerprint density at radius 2 is 1.59 bits per heavy atom. The third-order valence-electron chi connectivity index (χ3n) is 5.90. The summed E-state index contributed by atoms with van der Waals surface area (Å²) in [5.41, 5.74) is 1.43. The second-order valence-corrected chi connectivity index (χ2v) is 10.4. The lowest BCUT2D eigenvalue weighted by Crippen LogP contribution is -2.14. The summed E-state index contributed by atoms with van der Waals surface area (Å²) < 4.78 is 12.5. The topological polar surface area (TPSA) is 68.5 Å². The second-order valence-electron chi connectivity index (χ2n) is 8.62. The van der Waals surface area contributed by atoms with E-state index < -0.39 is 5.91 Å². The highest BCUT2D eigenvalue weighted by atomic mass is 79.9. The van der Waals surface area contributed by atoms with E-state index in [2.05, 4.69) is 28.2 Å². The van der Waals surface area contributed by atoms with Gasteiger partial charge in [0.05, 0.1) is 22.3 Å². The van der Waals surface area contributed by atoms with Gasteiger partial charge in [0.1, 0.15) is 5.58 Å². The minimum atomic E-state index is -0.480. The zero-order valence-electron chi connectivity index (χ0n) is 20.3. The van der Waals surface area contributed by atoms with Crippen LogP contribution in [0.25, 0.3) is 11.0 Å². The third-order valence-corrected chi connectivity index (χ3v) is 6.99. The molecule has 0 spiro atoms. The first-order chi connectivity index (χ1) is 17.9. The number of amides is 1. The lowest BCUT2D eigenvalue weighted by molar-refractivity contribution is 0.101. The normalized spacial score (nSPS) is 11.0. The Morgan fingerprint density at radius 1 is 0.919 bits per heavy atom. The molecule has 3 aromatic carbocycles. The number of carbonyl (C=O) groups excluding carboxylic acids is 2. The number of benzene rings is 3. The molecule has 1 aromatic heterocycles. The summed E-state index contributed by atoms with van der Waals surface area (Å²) in [4.78, 5) is 26.5. The van der Waals surface area contributed by atoms with E-state index in [-0.39, 0.29) is 32.8 Å². The third kappa shape index (κ3) is 6.56. The van der Waals surface area contributed by atoms with Gasteiger partial charge in [0, 0.05) is 21.0 Å². The number of hydrogen-bond donors (Lipinski definition) is 1. The van der Waals surface area contributed by atoms with E-state index in [1.54, 1.807) is 42.5 Å². The van der Waals surface area contributed by atoms with Crippen molar-refractivity contribution in [2.24, 2.45) is 0 Å². The minimum absolute atomic E-state index is 0.0390. The lowest BCUT2D eigenvalue weighted by atomic mass is 10.1. The van der Waals surface area contributed by atoms with E-state index in [1.165, 1.54) is 25.0 Å². The summed E-state index contributed by atoms with van der Waals surface area (Å²) in [5, 5.41) is 3.93. The fourth-order valence-corrected chi connectivity index (χ4v) is 4.82. The summed E-state index contributed by atoms with van der Waals surface area (Å²) in [6.07, 6.45) is 5.51. The number of fused-ring (bicyclic) bond motifs is 1. The Balaban J connectivity index is 1.56. The Morgan fingerprint density at radius 3 is 2.30 bits per heavy atom. The molecule has 0 fully saturated rings. The van der Waals surface area contributed by atoms with Crippen LogP contribution in [0.4, 0.5) is 5.69 Å². The van der Waals surface area contributed by atoms with Gasteiger partial charge in [0.25, 0.3) is 5.91 Å². The number of ether oxygens (including phenoxy) is 1. The minimum Gasteiger partial charge on any atom is -0.490 e. The van der Waals surface area contributed by atoms with Gasteiger partial charge in [0.15, 0.2) is 11.5 Å². The molecule has 0 atom stereocenters. The van der Waals surface area contributed by atoms with Crippen molar-refractivity contribution >= 4 is 67.5 Å². The van der Waals surface area contributed by atoms with Gasteiger partial charge < -0.3 is 14.5 Å².